The quantitative estimate of drug-likeness (QED) is 0.629. The molecule has 4 nitrogen and oxygen atoms in total. The maximum atomic E-state index is 11.8. The molecule has 0 N–H and O–H groups in total. The normalized spacial score (nSPS) is 13.9. The molecule has 1 heterocycles. The Balaban J connectivity index is 3.03. The summed E-state index contributed by atoms with van der Waals surface area (Å²) < 4.78 is 20.5. The summed E-state index contributed by atoms with van der Waals surface area (Å²) in [5.74, 6) is 0.555. The summed E-state index contributed by atoms with van der Waals surface area (Å²) >= 11 is 5.92. The van der Waals surface area contributed by atoms with Crippen molar-refractivity contribution in [2.45, 2.75) is 25.5 Å². The third kappa shape index (κ3) is 3.78. The van der Waals surface area contributed by atoms with Gasteiger partial charge in [-0.3, -0.25) is 0 Å². The standard InChI is InChI=1S/C11H15ClN2O2S/c1-11(2,3)17(15)14-7-8-9(16-4)5-6-13-10(8)12/h5-7H,1-4H3. The highest BCUT2D eigenvalue weighted by atomic mass is 35.5. The Kier molecular flexibility index (Phi) is 4.65. The molecule has 0 fully saturated rings. The predicted octanol–water partition coefficient (Wildman–Crippen LogP) is 2.62. The molecule has 0 saturated heterocycles. The van der Waals surface area contributed by atoms with Crippen LogP contribution in [0.5, 0.6) is 5.75 Å². The van der Waals surface area contributed by atoms with Gasteiger partial charge in [-0.15, -0.1) is 0 Å². The van der Waals surface area contributed by atoms with E-state index in [0.29, 0.717) is 11.3 Å². The minimum absolute atomic E-state index is 0.277. The molecule has 0 aliphatic heterocycles. The maximum absolute atomic E-state index is 11.8. The van der Waals surface area contributed by atoms with Crippen LogP contribution in [-0.4, -0.2) is 27.3 Å². The summed E-state index contributed by atoms with van der Waals surface area (Å²) in [5, 5.41) is 0.277. The van der Waals surface area contributed by atoms with Gasteiger partial charge in [-0.2, -0.15) is 4.40 Å². The van der Waals surface area contributed by atoms with E-state index in [4.69, 9.17) is 16.3 Å². The van der Waals surface area contributed by atoms with Crippen molar-refractivity contribution in [3.05, 3.63) is 23.0 Å². The van der Waals surface area contributed by atoms with E-state index in [0.717, 1.165) is 0 Å². The van der Waals surface area contributed by atoms with Crippen molar-refractivity contribution in [2.24, 2.45) is 4.40 Å². The third-order valence-electron chi connectivity index (χ3n) is 1.92. The molecule has 0 bridgehead atoms. The van der Waals surface area contributed by atoms with E-state index in [-0.39, 0.29) is 5.15 Å². The summed E-state index contributed by atoms with van der Waals surface area (Å²) in [5.41, 5.74) is 0.536. The lowest BCUT2D eigenvalue weighted by Gasteiger charge is -2.13. The Morgan fingerprint density at radius 1 is 1.53 bits per heavy atom. The molecule has 0 aliphatic rings. The van der Waals surface area contributed by atoms with Gasteiger partial charge >= 0.3 is 0 Å². The van der Waals surface area contributed by atoms with Crippen LogP contribution in [0.2, 0.25) is 5.15 Å². The molecule has 17 heavy (non-hydrogen) atoms. The minimum atomic E-state index is -1.33. The van der Waals surface area contributed by atoms with Crippen LogP contribution >= 0.6 is 11.6 Å². The van der Waals surface area contributed by atoms with Crippen molar-refractivity contribution < 1.29 is 8.95 Å². The molecular weight excluding hydrogens is 260 g/mol. The summed E-state index contributed by atoms with van der Waals surface area (Å²) in [6.45, 7) is 5.55. The Labute approximate surface area is 109 Å². The number of nitrogens with zero attached hydrogens (tertiary/aromatic N) is 2. The molecule has 1 rings (SSSR count). The molecular formula is C11H15ClN2O2S. The first kappa shape index (κ1) is 14.1. The van der Waals surface area contributed by atoms with Crippen LogP contribution in [0.25, 0.3) is 0 Å². The van der Waals surface area contributed by atoms with Crippen molar-refractivity contribution in [1.82, 2.24) is 4.98 Å². The zero-order valence-electron chi connectivity index (χ0n) is 10.2. The fraction of sp³-hybridized carbons (Fsp3) is 0.455. The number of halogens is 1. The molecule has 1 aromatic heterocycles. The average Bonchev–Trinajstić information content (AvgIpc) is 2.25. The zero-order valence-corrected chi connectivity index (χ0v) is 11.8. The van der Waals surface area contributed by atoms with Crippen molar-refractivity contribution in [2.75, 3.05) is 7.11 Å². The second kappa shape index (κ2) is 5.60. The van der Waals surface area contributed by atoms with Gasteiger partial charge in [0.1, 0.15) is 21.9 Å². The predicted molar refractivity (Wildman–Crippen MR) is 71.3 cm³/mol. The van der Waals surface area contributed by atoms with Crippen LogP contribution in [0.3, 0.4) is 0 Å². The number of pyridine rings is 1. The number of rotatable bonds is 3. The van der Waals surface area contributed by atoms with Gasteiger partial charge in [-0.25, -0.2) is 9.19 Å². The van der Waals surface area contributed by atoms with Crippen LogP contribution in [0.15, 0.2) is 16.7 Å². The zero-order chi connectivity index (χ0) is 13.1. The molecule has 0 radical (unpaired) electrons. The highest BCUT2D eigenvalue weighted by molar-refractivity contribution is 7.85. The summed E-state index contributed by atoms with van der Waals surface area (Å²) in [4.78, 5) is 3.92. The van der Waals surface area contributed by atoms with Gasteiger partial charge < -0.3 is 4.74 Å². The highest BCUT2D eigenvalue weighted by Crippen LogP contribution is 2.22. The molecule has 1 unspecified atom stereocenters. The summed E-state index contributed by atoms with van der Waals surface area (Å²) in [6, 6.07) is 1.67. The topological polar surface area (TPSA) is 51.6 Å². The second-order valence-corrected chi connectivity index (χ2v) is 6.61. The number of hydrogen-bond acceptors (Lipinski definition) is 3. The van der Waals surface area contributed by atoms with Crippen LogP contribution in [0, 0.1) is 0 Å². The molecule has 94 valence electrons. The van der Waals surface area contributed by atoms with E-state index in [9.17, 15) is 4.21 Å². The first-order valence-corrected chi connectivity index (χ1v) is 6.49. The van der Waals surface area contributed by atoms with Gasteiger partial charge in [-0.1, -0.05) is 11.6 Å². The molecule has 1 atom stereocenters. The smallest absolute Gasteiger partial charge is 0.144 e. The van der Waals surface area contributed by atoms with Gasteiger partial charge in [-0.05, 0) is 26.8 Å². The van der Waals surface area contributed by atoms with Crippen LogP contribution in [0.4, 0.5) is 0 Å². The number of hydrogen-bond donors (Lipinski definition) is 0. The first-order valence-electron chi connectivity index (χ1n) is 5.01. The highest BCUT2D eigenvalue weighted by Gasteiger charge is 2.18. The number of methoxy groups -OCH3 is 1. The van der Waals surface area contributed by atoms with E-state index < -0.39 is 15.7 Å². The first-order chi connectivity index (χ1) is 7.86. The number of ether oxygens (including phenoxy) is 1. The Morgan fingerprint density at radius 2 is 2.18 bits per heavy atom. The Hall–Kier alpha value is -0.940. The summed E-state index contributed by atoms with van der Waals surface area (Å²) in [7, 11) is 0.203. The van der Waals surface area contributed by atoms with Crippen molar-refractivity contribution in [3.63, 3.8) is 0 Å². The van der Waals surface area contributed by atoms with Gasteiger partial charge in [0.05, 0.1) is 23.6 Å². The van der Waals surface area contributed by atoms with E-state index in [1.54, 1.807) is 12.3 Å². The molecule has 1 aromatic rings. The molecule has 0 amide bonds. The van der Waals surface area contributed by atoms with Crippen molar-refractivity contribution in [3.8, 4) is 5.75 Å². The van der Waals surface area contributed by atoms with Crippen LogP contribution in [-0.2, 0) is 11.0 Å². The molecule has 0 aliphatic carbocycles. The molecule has 0 aromatic carbocycles. The van der Waals surface area contributed by atoms with Gasteiger partial charge in [0.2, 0.25) is 0 Å². The minimum Gasteiger partial charge on any atom is -0.496 e. The third-order valence-corrected chi connectivity index (χ3v) is 3.57. The maximum Gasteiger partial charge on any atom is 0.144 e. The second-order valence-electron chi connectivity index (χ2n) is 4.31. The fourth-order valence-corrected chi connectivity index (χ4v) is 1.70. The number of aromatic nitrogens is 1. The van der Waals surface area contributed by atoms with Gasteiger partial charge in [0.15, 0.2) is 0 Å². The fourth-order valence-electron chi connectivity index (χ4n) is 0.985. The largest absolute Gasteiger partial charge is 0.496 e. The van der Waals surface area contributed by atoms with Crippen LogP contribution in [0.1, 0.15) is 26.3 Å². The lowest BCUT2D eigenvalue weighted by molar-refractivity contribution is 0.413. The lowest BCUT2D eigenvalue weighted by atomic mass is 10.3. The molecule has 0 saturated carbocycles. The van der Waals surface area contributed by atoms with E-state index in [1.165, 1.54) is 13.3 Å². The van der Waals surface area contributed by atoms with Gasteiger partial charge in [0, 0.05) is 6.20 Å². The van der Waals surface area contributed by atoms with Gasteiger partial charge in [0.25, 0.3) is 0 Å². The molecule has 6 heteroatoms. The SMILES string of the molecule is COc1ccnc(Cl)c1C=NS(=O)C(C)(C)C. The Bertz CT molecular complexity index is 455. The van der Waals surface area contributed by atoms with Crippen molar-refractivity contribution >= 4 is 28.8 Å². The van der Waals surface area contributed by atoms with E-state index >= 15 is 0 Å². The van der Waals surface area contributed by atoms with Crippen molar-refractivity contribution in [1.29, 1.82) is 0 Å². The summed E-state index contributed by atoms with van der Waals surface area (Å²) in [6.07, 6.45) is 2.98. The Morgan fingerprint density at radius 3 is 2.71 bits per heavy atom. The van der Waals surface area contributed by atoms with E-state index in [2.05, 4.69) is 9.38 Å². The average molecular weight is 275 g/mol. The lowest BCUT2D eigenvalue weighted by Crippen LogP contribution is -2.19. The monoisotopic (exact) mass is 274 g/mol. The van der Waals surface area contributed by atoms with E-state index in [1.807, 2.05) is 20.8 Å². The van der Waals surface area contributed by atoms with Crippen LogP contribution < -0.4 is 4.74 Å². The molecule has 0 spiro atoms.